The van der Waals surface area contributed by atoms with Crippen LogP contribution in [0.5, 0.6) is 5.75 Å². The SMILES string of the molecule is COc1ccc(Cl)cc1C(=O)NC(=S)Nc1ccc(N2CCN(C(=O)c3cc4ccccc4o3)CC2)cc1. The van der Waals surface area contributed by atoms with E-state index in [-0.39, 0.29) is 16.6 Å². The molecule has 1 aliphatic rings. The monoisotopic (exact) mass is 548 g/mol. The average molecular weight is 549 g/mol. The van der Waals surface area contributed by atoms with E-state index in [1.54, 1.807) is 18.2 Å². The van der Waals surface area contributed by atoms with Crippen LogP contribution >= 0.6 is 23.8 Å². The Morgan fingerprint density at radius 3 is 2.42 bits per heavy atom. The maximum absolute atomic E-state index is 12.9. The number of methoxy groups -OCH3 is 1. The molecule has 194 valence electrons. The first-order valence-electron chi connectivity index (χ1n) is 12.0. The number of carbonyl (C=O) groups excluding carboxylic acids is 2. The predicted octanol–water partition coefficient (Wildman–Crippen LogP) is 5.18. The molecule has 0 spiro atoms. The smallest absolute Gasteiger partial charge is 0.289 e. The van der Waals surface area contributed by atoms with Crippen LogP contribution in [-0.2, 0) is 0 Å². The van der Waals surface area contributed by atoms with Crippen LogP contribution in [0.25, 0.3) is 11.0 Å². The highest BCUT2D eigenvalue weighted by Crippen LogP contribution is 2.24. The van der Waals surface area contributed by atoms with E-state index < -0.39 is 5.91 Å². The van der Waals surface area contributed by atoms with Crippen LogP contribution in [0.2, 0.25) is 5.02 Å². The van der Waals surface area contributed by atoms with Gasteiger partial charge >= 0.3 is 0 Å². The van der Waals surface area contributed by atoms with E-state index >= 15 is 0 Å². The number of para-hydroxylation sites is 1. The van der Waals surface area contributed by atoms with Gasteiger partial charge in [-0.25, -0.2) is 0 Å². The molecule has 8 nitrogen and oxygen atoms in total. The van der Waals surface area contributed by atoms with Crippen LogP contribution in [0.15, 0.2) is 77.2 Å². The fourth-order valence-corrected chi connectivity index (χ4v) is 4.74. The summed E-state index contributed by atoms with van der Waals surface area (Å²) in [4.78, 5) is 29.6. The molecule has 38 heavy (non-hydrogen) atoms. The number of piperazine rings is 1. The molecule has 1 fully saturated rings. The van der Waals surface area contributed by atoms with Crippen molar-refractivity contribution in [2.45, 2.75) is 0 Å². The van der Waals surface area contributed by atoms with Crippen LogP contribution in [0, 0.1) is 0 Å². The minimum atomic E-state index is -0.423. The number of hydrogen-bond acceptors (Lipinski definition) is 6. The summed E-state index contributed by atoms with van der Waals surface area (Å²) in [6.07, 6.45) is 0. The topological polar surface area (TPSA) is 87.0 Å². The molecule has 0 aliphatic carbocycles. The van der Waals surface area contributed by atoms with Crippen molar-refractivity contribution in [3.63, 3.8) is 0 Å². The van der Waals surface area contributed by atoms with Crippen molar-refractivity contribution in [3.05, 3.63) is 89.1 Å². The van der Waals surface area contributed by atoms with Crippen LogP contribution in [0.3, 0.4) is 0 Å². The quantitative estimate of drug-likeness (QED) is 0.332. The number of nitrogens with one attached hydrogen (secondary N) is 2. The maximum atomic E-state index is 12.9. The molecule has 0 atom stereocenters. The largest absolute Gasteiger partial charge is 0.496 e. The number of halogens is 1. The van der Waals surface area contributed by atoms with Crippen molar-refractivity contribution in [3.8, 4) is 5.75 Å². The number of benzene rings is 3. The number of hydrogen-bond donors (Lipinski definition) is 2. The van der Waals surface area contributed by atoms with E-state index in [0.717, 1.165) is 16.8 Å². The lowest BCUT2D eigenvalue weighted by atomic mass is 10.2. The molecular weight excluding hydrogens is 524 g/mol. The number of thiocarbonyl (C=S) groups is 1. The van der Waals surface area contributed by atoms with Crippen molar-refractivity contribution in [2.24, 2.45) is 0 Å². The number of nitrogens with zero attached hydrogens (tertiary/aromatic N) is 2. The van der Waals surface area contributed by atoms with E-state index in [1.807, 2.05) is 53.4 Å². The number of amides is 2. The van der Waals surface area contributed by atoms with Crippen molar-refractivity contribution >= 4 is 63.1 Å². The lowest BCUT2D eigenvalue weighted by Gasteiger charge is -2.35. The molecule has 2 amide bonds. The minimum Gasteiger partial charge on any atom is -0.496 e. The molecule has 1 saturated heterocycles. The second-order valence-corrected chi connectivity index (χ2v) is 9.57. The van der Waals surface area contributed by atoms with Gasteiger partial charge in [0, 0.05) is 48.0 Å². The highest BCUT2D eigenvalue weighted by Gasteiger charge is 2.25. The molecule has 2 N–H and O–H groups in total. The number of ether oxygens (including phenoxy) is 1. The Kier molecular flexibility index (Phi) is 7.48. The third kappa shape index (κ3) is 5.58. The molecule has 1 aliphatic heterocycles. The zero-order chi connectivity index (χ0) is 26.6. The number of carbonyl (C=O) groups is 2. The van der Waals surface area contributed by atoms with Gasteiger partial charge in [0.05, 0.1) is 12.7 Å². The normalized spacial score (nSPS) is 13.3. The highest BCUT2D eigenvalue weighted by molar-refractivity contribution is 7.80. The Morgan fingerprint density at radius 2 is 1.71 bits per heavy atom. The molecule has 0 bridgehead atoms. The molecule has 5 rings (SSSR count). The van der Waals surface area contributed by atoms with Gasteiger partial charge in [-0.1, -0.05) is 29.8 Å². The summed E-state index contributed by atoms with van der Waals surface area (Å²) in [5.41, 5.74) is 2.77. The third-order valence-electron chi connectivity index (χ3n) is 6.33. The van der Waals surface area contributed by atoms with Crippen LogP contribution in [0.1, 0.15) is 20.9 Å². The first kappa shape index (κ1) is 25.6. The van der Waals surface area contributed by atoms with Gasteiger partial charge in [-0.2, -0.15) is 0 Å². The Morgan fingerprint density at radius 1 is 0.974 bits per heavy atom. The number of rotatable bonds is 5. The zero-order valence-electron chi connectivity index (χ0n) is 20.6. The standard InChI is InChI=1S/C28H25ClN4O4S/c1-36-24-11-6-19(29)17-22(24)26(34)31-28(38)30-20-7-9-21(10-8-20)32-12-14-33(15-13-32)27(35)25-16-18-4-2-3-5-23(18)37-25/h2-11,16-17H,12-15H2,1H3,(H2,30,31,34,38). The lowest BCUT2D eigenvalue weighted by molar-refractivity contribution is 0.0717. The highest BCUT2D eigenvalue weighted by atomic mass is 35.5. The molecular formula is C28H25ClN4O4S. The molecule has 3 aromatic carbocycles. The summed E-state index contributed by atoms with van der Waals surface area (Å²) in [5, 5.41) is 7.17. The van der Waals surface area contributed by atoms with Crippen molar-refractivity contribution in [1.29, 1.82) is 0 Å². The third-order valence-corrected chi connectivity index (χ3v) is 6.77. The fraction of sp³-hybridized carbons (Fsp3) is 0.179. The van der Waals surface area contributed by atoms with Gasteiger partial charge in [-0.15, -0.1) is 0 Å². The number of anilines is 2. The average Bonchev–Trinajstić information content (AvgIpc) is 3.37. The first-order chi connectivity index (χ1) is 18.4. The van der Waals surface area contributed by atoms with E-state index in [4.69, 9.17) is 33.0 Å². The molecule has 4 aromatic rings. The molecule has 1 aromatic heterocycles. The Hall–Kier alpha value is -4.08. The van der Waals surface area contributed by atoms with Gasteiger partial charge in [0.25, 0.3) is 11.8 Å². The Bertz CT molecular complexity index is 1460. The van der Waals surface area contributed by atoms with Crippen molar-refractivity contribution in [2.75, 3.05) is 43.5 Å². The van der Waals surface area contributed by atoms with Crippen LogP contribution in [0.4, 0.5) is 11.4 Å². The van der Waals surface area contributed by atoms with Gasteiger partial charge in [0.1, 0.15) is 11.3 Å². The van der Waals surface area contributed by atoms with Gasteiger partial charge < -0.3 is 24.3 Å². The van der Waals surface area contributed by atoms with E-state index in [2.05, 4.69) is 15.5 Å². The van der Waals surface area contributed by atoms with E-state index in [0.29, 0.717) is 48.3 Å². The maximum Gasteiger partial charge on any atom is 0.289 e. The van der Waals surface area contributed by atoms with Crippen molar-refractivity contribution < 1.29 is 18.7 Å². The van der Waals surface area contributed by atoms with Gasteiger partial charge in [0.2, 0.25) is 0 Å². The Labute approximate surface area is 230 Å². The summed E-state index contributed by atoms with van der Waals surface area (Å²) in [7, 11) is 1.48. The van der Waals surface area contributed by atoms with E-state index in [9.17, 15) is 9.59 Å². The summed E-state index contributed by atoms with van der Waals surface area (Å²) in [5.74, 6) is 0.255. The molecule has 10 heteroatoms. The molecule has 0 saturated carbocycles. The molecule has 0 unspecified atom stereocenters. The summed E-state index contributed by atoms with van der Waals surface area (Å²) < 4.78 is 11.0. The summed E-state index contributed by atoms with van der Waals surface area (Å²) in [6.45, 7) is 2.60. The second-order valence-electron chi connectivity index (χ2n) is 8.73. The van der Waals surface area contributed by atoms with Gasteiger partial charge in [-0.3, -0.25) is 14.9 Å². The number of furan rings is 1. The minimum absolute atomic E-state index is 0.0913. The lowest BCUT2D eigenvalue weighted by Crippen LogP contribution is -2.48. The Balaban J connectivity index is 1.14. The van der Waals surface area contributed by atoms with Crippen LogP contribution in [-0.4, -0.2) is 55.1 Å². The van der Waals surface area contributed by atoms with Gasteiger partial charge in [-0.05, 0) is 66.8 Å². The van der Waals surface area contributed by atoms with Gasteiger partial charge in [0.15, 0.2) is 10.9 Å². The zero-order valence-corrected chi connectivity index (χ0v) is 22.1. The summed E-state index contributed by atoms with van der Waals surface area (Å²) >= 11 is 11.3. The van der Waals surface area contributed by atoms with Crippen molar-refractivity contribution in [1.82, 2.24) is 10.2 Å². The molecule has 2 heterocycles. The van der Waals surface area contributed by atoms with E-state index in [1.165, 1.54) is 13.2 Å². The summed E-state index contributed by atoms with van der Waals surface area (Å²) in [6, 6.07) is 21.9. The second kappa shape index (κ2) is 11.1. The first-order valence-corrected chi connectivity index (χ1v) is 12.8. The van der Waals surface area contributed by atoms with Crippen LogP contribution < -0.4 is 20.3 Å². The predicted molar refractivity (Wildman–Crippen MR) is 152 cm³/mol. The fourth-order valence-electron chi connectivity index (χ4n) is 4.36. The molecule has 0 radical (unpaired) electrons. The number of fused-ring (bicyclic) bond motifs is 1.